The molecule has 0 fully saturated rings. The summed E-state index contributed by atoms with van der Waals surface area (Å²) in [6.07, 6.45) is 0. The first-order valence-corrected chi connectivity index (χ1v) is 7.52. The second kappa shape index (κ2) is 8.23. The molecule has 0 unspecified atom stereocenters. The van der Waals surface area contributed by atoms with E-state index >= 15 is 0 Å². The van der Waals surface area contributed by atoms with Gasteiger partial charge >= 0.3 is 0 Å². The van der Waals surface area contributed by atoms with E-state index in [1.54, 1.807) is 7.11 Å². The number of hydrogen-bond acceptors (Lipinski definition) is 3. The smallest absolute Gasteiger partial charge is 0.161 e. The topological polar surface area (TPSA) is 44.5 Å². The van der Waals surface area contributed by atoms with E-state index in [1.165, 1.54) is 0 Å². The highest BCUT2D eigenvalue weighted by Crippen LogP contribution is 2.36. The van der Waals surface area contributed by atoms with Gasteiger partial charge in [0.05, 0.1) is 7.11 Å². The average Bonchev–Trinajstić information content (AvgIpc) is 2.52. The van der Waals surface area contributed by atoms with Crippen LogP contribution in [0.25, 0.3) is 0 Å². The van der Waals surface area contributed by atoms with Crippen LogP contribution in [0.4, 0.5) is 0 Å². The van der Waals surface area contributed by atoms with Gasteiger partial charge in [0.1, 0.15) is 6.61 Å². The van der Waals surface area contributed by atoms with Crippen LogP contribution in [0.2, 0.25) is 0 Å². The molecule has 0 heterocycles. The minimum Gasteiger partial charge on any atom is -0.493 e. The molecular formula is C19H26ClNO2. The molecule has 0 radical (unpaired) electrons. The Bertz CT molecular complexity index is 609. The Kier molecular flexibility index (Phi) is 6.92. The number of rotatable bonds is 5. The third kappa shape index (κ3) is 5.15. The Labute approximate surface area is 145 Å². The third-order valence-corrected chi connectivity index (χ3v) is 3.72. The molecule has 2 aromatic carbocycles. The van der Waals surface area contributed by atoms with Crippen molar-refractivity contribution in [2.45, 2.75) is 33.4 Å². The number of ether oxygens (including phenoxy) is 2. The number of methoxy groups -OCH3 is 1. The lowest BCUT2D eigenvalue weighted by Crippen LogP contribution is -2.26. The van der Waals surface area contributed by atoms with Crippen molar-refractivity contribution in [2.24, 2.45) is 11.1 Å². The third-order valence-electron chi connectivity index (χ3n) is 3.72. The van der Waals surface area contributed by atoms with Gasteiger partial charge in [0, 0.05) is 6.04 Å². The largest absolute Gasteiger partial charge is 0.493 e. The maximum atomic E-state index is 6.31. The van der Waals surface area contributed by atoms with Crippen LogP contribution in [-0.4, -0.2) is 7.11 Å². The average molecular weight is 336 g/mol. The van der Waals surface area contributed by atoms with Gasteiger partial charge in [-0.2, -0.15) is 0 Å². The quantitative estimate of drug-likeness (QED) is 0.858. The Morgan fingerprint density at radius 2 is 1.65 bits per heavy atom. The van der Waals surface area contributed by atoms with Gasteiger partial charge in [-0.1, -0.05) is 57.2 Å². The predicted molar refractivity (Wildman–Crippen MR) is 97.4 cm³/mol. The summed E-state index contributed by atoms with van der Waals surface area (Å²) < 4.78 is 11.3. The number of benzene rings is 2. The van der Waals surface area contributed by atoms with Crippen LogP contribution in [-0.2, 0) is 6.61 Å². The van der Waals surface area contributed by atoms with E-state index in [-0.39, 0.29) is 23.9 Å². The van der Waals surface area contributed by atoms with Crippen LogP contribution in [0, 0.1) is 5.41 Å². The van der Waals surface area contributed by atoms with Crippen LogP contribution in [0.5, 0.6) is 11.5 Å². The van der Waals surface area contributed by atoms with Gasteiger partial charge in [0.15, 0.2) is 11.5 Å². The van der Waals surface area contributed by atoms with E-state index in [0.29, 0.717) is 12.4 Å². The summed E-state index contributed by atoms with van der Waals surface area (Å²) in [6.45, 7) is 6.90. The van der Waals surface area contributed by atoms with E-state index in [2.05, 4.69) is 20.8 Å². The van der Waals surface area contributed by atoms with E-state index in [0.717, 1.165) is 16.9 Å². The number of nitrogens with two attached hydrogens (primary N) is 1. The number of hydrogen-bond donors (Lipinski definition) is 1. The molecule has 23 heavy (non-hydrogen) atoms. The zero-order chi connectivity index (χ0) is 16.2. The van der Waals surface area contributed by atoms with Gasteiger partial charge in [-0.25, -0.2) is 0 Å². The standard InChI is InChI=1S/C19H25NO2.ClH/c1-19(2,3)18(20)15-10-11-16(17(12-15)21-4)22-13-14-8-6-5-7-9-14;/h5-12,18H,13,20H2,1-4H3;1H/t18-;/m0./s1. The fourth-order valence-electron chi connectivity index (χ4n) is 2.23. The summed E-state index contributed by atoms with van der Waals surface area (Å²) in [7, 11) is 1.65. The van der Waals surface area contributed by atoms with Crippen LogP contribution >= 0.6 is 12.4 Å². The molecule has 2 N–H and O–H groups in total. The zero-order valence-electron chi connectivity index (χ0n) is 14.2. The molecule has 0 bridgehead atoms. The molecule has 2 rings (SSSR count). The molecule has 3 nitrogen and oxygen atoms in total. The number of halogens is 1. The monoisotopic (exact) mass is 335 g/mol. The van der Waals surface area contributed by atoms with E-state index in [1.807, 2.05) is 48.5 Å². The minimum atomic E-state index is -0.0513. The van der Waals surface area contributed by atoms with Gasteiger partial charge < -0.3 is 15.2 Å². The lowest BCUT2D eigenvalue weighted by Gasteiger charge is -2.28. The molecule has 0 spiro atoms. The van der Waals surface area contributed by atoms with Crippen molar-refractivity contribution in [3.8, 4) is 11.5 Å². The molecule has 0 aliphatic heterocycles. The Morgan fingerprint density at radius 1 is 1.00 bits per heavy atom. The van der Waals surface area contributed by atoms with Crippen LogP contribution < -0.4 is 15.2 Å². The van der Waals surface area contributed by atoms with Crippen LogP contribution in [0.3, 0.4) is 0 Å². The summed E-state index contributed by atoms with van der Waals surface area (Å²) in [5.74, 6) is 1.45. The van der Waals surface area contributed by atoms with Crippen molar-refractivity contribution < 1.29 is 9.47 Å². The van der Waals surface area contributed by atoms with Gasteiger partial charge in [0.25, 0.3) is 0 Å². The first-order valence-electron chi connectivity index (χ1n) is 7.52. The highest BCUT2D eigenvalue weighted by molar-refractivity contribution is 5.85. The first kappa shape index (κ1) is 19.3. The van der Waals surface area contributed by atoms with E-state index < -0.39 is 0 Å². The Hall–Kier alpha value is -1.71. The molecule has 0 saturated carbocycles. The maximum Gasteiger partial charge on any atom is 0.161 e. The second-order valence-electron chi connectivity index (χ2n) is 6.53. The Morgan fingerprint density at radius 3 is 2.22 bits per heavy atom. The SMILES string of the molecule is COc1cc([C@H](N)C(C)(C)C)ccc1OCc1ccccc1.Cl. The van der Waals surface area contributed by atoms with E-state index in [4.69, 9.17) is 15.2 Å². The van der Waals surface area contributed by atoms with Gasteiger partial charge in [-0.05, 0) is 28.7 Å². The molecule has 0 aliphatic carbocycles. The summed E-state index contributed by atoms with van der Waals surface area (Å²) in [6, 6.07) is 15.9. The van der Waals surface area contributed by atoms with Crippen molar-refractivity contribution in [3.05, 3.63) is 59.7 Å². The lowest BCUT2D eigenvalue weighted by molar-refractivity contribution is 0.282. The summed E-state index contributed by atoms with van der Waals surface area (Å²) >= 11 is 0. The van der Waals surface area contributed by atoms with Crippen molar-refractivity contribution >= 4 is 12.4 Å². The zero-order valence-corrected chi connectivity index (χ0v) is 15.0. The molecule has 0 aliphatic rings. The van der Waals surface area contributed by atoms with Crippen LogP contribution in [0.15, 0.2) is 48.5 Å². The van der Waals surface area contributed by atoms with Crippen molar-refractivity contribution in [1.29, 1.82) is 0 Å². The summed E-state index contributed by atoms with van der Waals surface area (Å²) in [4.78, 5) is 0. The maximum absolute atomic E-state index is 6.31. The van der Waals surface area contributed by atoms with Gasteiger partial charge in [-0.15, -0.1) is 12.4 Å². The van der Waals surface area contributed by atoms with Gasteiger partial charge in [0.2, 0.25) is 0 Å². The molecular weight excluding hydrogens is 310 g/mol. The first-order chi connectivity index (χ1) is 10.4. The van der Waals surface area contributed by atoms with Crippen molar-refractivity contribution in [3.63, 3.8) is 0 Å². The molecule has 0 amide bonds. The summed E-state index contributed by atoms with van der Waals surface area (Å²) in [5.41, 5.74) is 8.49. The lowest BCUT2D eigenvalue weighted by atomic mass is 9.83. The molecule has 4 heteroatoms. The van der Waals surface area contributed by atoms with Crippen molar-refractivity contribution in [2.75, 3.05) is 7.11 Å². The predicted octanol–water partition coefficient (Wildman–Crippen LogP) is 4.74. The molecule has 0 saturated heterocycles. The fraction of sp³-hybridized carbons (Fsp3) is 0.368. The molecule has 126 valence electrons. The Balaban J connectivity index is 0.00000264. The van der Waals surface area contributed by atoms with E-state index in [9.17, 15) is 0 Å². The van der Waals surface area contributed by atoms with Gasteiger partial charge in [-0.3, -0.25) is 0 Å². The molecule has 2 aromatic rings. The molecule has 1 atom stereocenters. The highest BCUT2D eigenvalue weighted by Gasteiger charge is 2.23. The fourth-order valence-corrected chi connectivity index (χ4v) is 2.23. The molecule has 0 aromatic heterocycles. The highest BCUT2D eigenvalue weighted by atomic mass is 35.5. The second-order valence-corrected chi connectivity index (χ2v) is 6.53. The van der Waals surface area contributed by atoms with Crippen molar-refractivity contribution in [1.82, 2.24) is 0 Å². The summed E-state index contributed by atoms with van der Waals surface area (Å²) in [5, 5.41) is 0. The normalized spacial score (nSPS) is 12.2. The minimum absolute atomic E-state index is 0. The van der Waals surface area contributed by atoms with Crippen LogP contribution in [0.1, 0.15) is 37.9 Å².